The van der Waals surface area contributed by atoms with E-state index in [1.807, 2.05) is 33.9 Å². The molecule has 37 heavy (non-hydrogen) atoms. The van der Waals surface area contributed by atoms with Gasteiger partial charge in [0.15, 0.2) is 0 Å². The molecule has 1 aromatic carbocycles. The van der Waals surface area contributed by atoms with E-state index in [1.54, 1.807) is 23.1 Å². The van der Waals surface area contributed by atoms with Gasteiger partial charge in [0.25, 0.3) is 5.91 Å². The second-order valence-electron chi connectivity index (χ2n) is 10.6. The second-order valence-corrected chi connectivity index (χ2v) is 12.6. The number of rotatable bonds is 4. The molecular formula is C26H33N5O5S. The van der Waals surface area contributed by atoms with Gasteiger partial charge in [-0.25, -0.2) is 18.2 Å². The first-order valence-electron chi connectivity index (χ1n) is 12.6. The Labute approximate surface area is 217 Å². The fourth-order valence-electron chi connectivity index (χ4n) is 5.36. The molecule has 3 aliphatic rings. The maximum atomic E-state index is 13.7. The Hall–Kier alpha value is -3.34. The number of amides is 2. The fourth-order valence-corrected chi connectivity index (χ4v) is 6.93. The van der Waals surface area contributed by atoms with E-state index in [-0.39, 0.29) is 18.3 Å². The number of carbonyl (C=O) groups is 2. The van der Waals surface area contributed by atoms with Crippen molar-refractivity contribution in [3.63, 3.8) is 0 Å². The van der Waals surface area contributed by atoms with Crippen molar-refractivity contribution in [2.24, 2.45) is 0 Å². The van der Waals surface area contributed by atoms with Crippen LogP contribution in [0.5, 0.6) is 0 Å². The monoisotopic (exact) mass is 527 g/mol. The number of sulfonamides is 1. The van der Waals surface area contributed by atoms with E-state index < -0.39 is 21.7 Å². The highest BCUT2D eigenvalue weighted by Gasteiger charge is 2.42. The number of carbonyl (C=O) groups excluding carboxylic acids is 2. The number of aryl methyl sites for hydroxylation is 2. The number of hydrogen-bond donors (Lipinski definition) is 0. The van der Waals surface area contributed by atoms with Crippen LogP contribution in [0.4, 0.5) is 22.0 Å². The molecular weight excluding hydrogens is 494 g/mol. The van der Waals surface area contributed by atoms with Crippen LogP contribution >= 0.6 is 0 Å². The highest BCUT2D eigenvalue weighted by molar-refractivity contribution is 7.93. The molecule has 0 bridgehead atoms. The Morgan fingerprint density at radius 3 is 2.38 bits per heavy atom. The number of ether oxygens (including phenoxy) is 1. The number of benzene rings is 1. The first-order chi connectivity index (χ1) is 17.5. The van der Waals surface area contributed by atoms with Gasteiger partial charge in [0.1, 0.15) is 12.4 Å². The summed E-state index contributed by atoms with van der Waals surface area (Å²) in [7, 11) is -3.55. The molecule has 0 unspecified atom stereocenters. The topological polar surface area (TPSA) is 103 Å². The van der Waals surface area contributed by atoms with Crippen molar-refractivity contribution in [2.45, 2.75) is 39.7 Å². The van der Waals surface area contributed by atoms with Crippen LogP contribution in [0.2, 0.25) is 0 Å². The van der Waals surface area contributed by atoms with E-state index in [0.29, 0.717) is 56.1 Å². The summed E-state index contributed by atoms with van der Waals surface area (Å²) in [6.45, 7) is 10.6. The Morgan fingerprint density at radius 2 is 1.78 bits per heavy atom. The summed E-state index contributed by atoms with van der Waals surface area (Å²) in [5.41, 5.74) is 2.75. The maximum absolute atomic E-state index is 13.7. The van der Waals surface area contributed by atoms with Gasteiger partial charge in [-0.1, -0.05) is 6.07 Å². The van der Waals surface area contributed by atoms with Crippen LogP contribution in [0.1, 0.15) is 41.8 Å². The summed E-state index contributed by atoms with van der Waals surface area (Å²) in [6.07, 6.45) is 1.84. The predicted molar refractivity (Wildman–Crippen MR) is 142 cm³/mol. The Kier molecular flexibility index (Phi) is 6.29. The van der Waals surface area contributed by atoms with Crippen molar-refractivity contribution in [1.29, 1.82) is 0 Å². The van der Waals surface area contributed by atoms with Crippen molar-refractivity contribution >= 4 is 39.2 Å². The van der Waals surface area contributed by atoms with Crippen molar-refractivity contribution < 1.29 is 22.7 Å². The van der Waals surface area contributed by atoms with Gasteiger partial charge >= 0.3 is 6.09 Å². The molecule has 198 valence electrons. The molecule has 0 atom stereocenters. The van der Waals surface area contributed by atoms with E-state index in [9.17, 15) is 18.0 Å². The van der Waals surface area contributed by atoms with Gasteiger partial charge in [-0.3, -0.25) is 14.0 Å². The van der Waals surface area contributed by atoms with Crippen LogP contribution in [0.3, 0.4) is 0 Å². The molecule has 1 aromatic heterocycles. The van der Waals surface area contributed by atoms with Gasteiger partial charge < -0.3 is 14.5 Å². The van der Waals surface area contributed by atoms with E-state index in [2.05, 4.69) is 16.0 Å². The summed E-state index contributed by atoms with van der Waals surface area (Å²) >= 11 is 0. The summed E-state index contributed by atoms with van der Waals surface area (Å²) < 4.78 is 32.3. The lowest BCUT2D eigenvalue weighted by Gasteiger charge is -2.37. The third kappa shape index (κ3) is 4.60. The molecule has 3 aliphatic heterocycles. The molecule has 11 heteroatoms. The molecule has 0 radical (unpaired) electrons. The van der Waals surface area contributed by atoms with Gasteiger partial charge in [0.2, 0.25) is 10.0 Å². The molecule has 5 rings (SSSR count). The summed E-state index contributed by atoms with van der Waals surface area (Å²) in [4.78, 5) is 36.3. The normalized spacial score (nSPS) is 20.9. The summed E-state index contributed by atoms with van der Waals surface area (Å²) in [5.74, 6) is 0.732. The molecule has 10 nitrogen and oxygen atoms in total. The van der Waals surface area contributed by atoms with Crippen molar-refractivity contribution in [1.82, 2.24) is 9.88 Å². The number of anilines is 3. The van der Waals surface area contributed by atoms with E-state index in [0.717, 1.165) is 16.9 Å². The number of pyridine rings is 1. The molecule has 0 saturated carbocycles. The zero-order valence-electron chi connectivity index (χ0n) is 21.7. The predicted octanol–water partition coefficient (Wildman–Crippen LogP) is 2.94. The number of aromatic nitrogens is 1. The second kappa shape index (κ2) is 9.20. The van der Waals surface area contributed by atoms with Crippen molar-refractivity contribution in [3.05, 3.63) is 47.2 Å². The van der Waals surface area contributed by atoms with Crippen LogP contribution in [0.25, 0.3) is 0 Å². The van der Waals surface area contributed by atoms with Gasteiger partial charge in [0, 0.05) is 44.6 Å². The average molecular weight is 528 g/mol. The lowest BCUT2D eigenvalue weighted by atomic mass is 10.0. The largest absolute Gasteiger partial charge is 0.447 e. The third-order valence-electron chi connectivity index (χ3n) is 7.23. The van der Waals surface area contributed by atoms with Crippen LogP contribution < -0.4 is 14.1 Å². The van der Waals surface area contributed by atoms with Gasteiger partial charge in [-0.05, 0) is 63.4 Å². The van der Waals surface area contributed by atoms with E-state index in [1.165, 1.54) is 9.21 Å². The maximum Gasteiger partial charge on any atom is 0.414 e. The number of hydrogen-bond acceptors (Lipinski definition) is 7. The van der Waals surface area contributed by atoms with Crippen LogP contribution in [-0.4, -0.2) is 80.9 Å². The lowest BCUT2D eigenvalue weighted by molar-refractivity contribution is 0.0747. The van der Waals surface area contributed by atoms with E-state index in [4.69, 9.17) is 4.74 Å². The zero-order valence-corrected chi connectivity index (χ0v) is 22.5. The number of nitrogens with zero attached hydrogens (tertiary/aromatic N) is 5. The first-order valence-corrected chi connectivity index (χ1v) is 14.2. The highest BCUT2D eigenvalue weighted by Crippen LogP contribution is 2.37. The molecule has 0 N–H and O–H groups in total. The molecule has 2 amide bonds. The van der Waals surface area contributed by atoms with Gasteiger partial charge in [-0.2, -0.15) is 0 Å². The third-order valence-corrected chi connectivity index (χ3v) is 9.08. The molecule has 0 spiro atoms. The zero-order chi connectivity index (χ0) is 26.5. The lowest BCUT2D eigenvalue weighted by Crippen LogP contribution is -2.49. The minimum absolute atomic E-state index is 0.0314. The van der Waals surface area contributed by atoms with Gasteiger partial charge in [0.05, 0.1) is 22.5 Å². The van der Waals surface area contributed by atoms with E-state index >= 15 is 0 Å². The standard InChI is InChI=1S/C26H33N5O5S/c1-18-14-19(2)23(27-16-18)28-9-11-29(12-10-28)24(32)21-7-6-20(31-25(33)36-17-26(31,3)4)15-22(21)30-8-5-13-37(30,34)35/h6-7,14-16H,5,8-13,17H2,1-4H3. The minimum atomic E-state index is -3.55. The van der Waals surface area contributed by atoms with Crippen molar-refractivity contribution in [2.75, 3.05) is 59.2 Å². The number of piperazine rings is 1. The van der Waals surface area contributed by atoms with Gasteiger partial charge in [-0.15, -0.1) is 0 Å². The Balaban J connectivity index is 1.44. The van der Waals surface area contributed by atoms with Crippen molar-refractivity contribution in [3.8, 4) is 0 Å². The quantitative estimate of drug-likeness (QED) is 0.602. The minimum Gasteiger partial charge on any atom is -0.447 e. The molecule has 3 saturated heterocycles. The first kappa shape index (κ1) is 25.3. The summed E-state index contributed by atoms with van der Waals surface area (Å²) in [5, 5.41) is 0. The summed E-state index contributed by atoms with van der Waals surface area (Å²) in [6, 6.07) is 7.08. The van der Waals surface area contributed by atoms with Crippen LogP contribution in [0.15, 0.2) is 30.5 Å². The SMILES string of the molecule is Cc1cnc(N2CCN(C(=O)c3ccc(N4C(=O)OCC4(C)C)cc3N3CCCS3(=O)=O)CC2)c(C)c1. The number of cyclic esters (lactones) is 1. The van der Waals surface area contributed by atoms with Crippen LogP contribution in [-0.2, 0) is 14.8 Å². The smallest absolute Gasteiger partial charge is 0.414 e. The van der Waals surface area contributed by atoms with Crippen LogP contribution in [0, 0.1) is 13.8 Å². The molecule has 0 aliphatic carbocycles. The Bertz CT molecular complexity index is 1350. The fraction of sp³-hybridized carbons (Fsp3) is 0.500. The molecule has 4 heterocycles. The molecule has 2 aromatic rings. The average Bonchev–Trinajstić information content (AvgIpc) is 3.34. The Morgan fingerprint density at radius 1 is 1.05 bits per heavy atom. The molecule has 3 fully saturated rings. The highest BCUT2D eigenvalue weighted by atomic mass is 32.2.